The molecule has 3 aromatic rings. The minimum atomic E-state index is -0.908. The number of aromatic nitrogens is 3. The molecule has 8 heteroatoms. The van der Waals surface area contributed by atoms with Gasteiger partial charge in [-0.3, -0.25) is 14.6 Å². The average Bonchev–Trinajstić information content (AvgIpc) is 2.74. The van der Waals surface area contributed by atoms with Gasteiger partial charge in [0.25, 0.3) is 5.56 Å². The minimum absolute atomic E-state index is 0.218. The number of rotatable bonds is 5. The highest BCUT2D eigenvalue weighted by atomic mass is 16.5. The van der Waals surface area contributed by atoms with Crippen LogP contribution in [0.25, 0.3) is 11.3 Å². The summed E-state index contributed by atoms with van der Waals surface area (Å²) >= 11 is 0. The highest BCUT2D eigenvalue weighted by Gasteiger charge is 2.20. The third-order valence-corrected chi connectivity index (χ3v) is 4.12. The van der Waals surface area contributed by atoms with Crippen molar-refractivity contribution < 1.29 is 14.3 Å². The van der Waals surface area contributed by atoms with Crippen molar-refractivity contribution in [3.8, 4) is 11.3 Å². The van der Waals surface area contributed by atoms with E-state index in [1.165, 1.54) is 13.2 Å². The molecule has 2 heterocycles. The first-order valence-electron chi connectivity index (χ1n) is 8.49. The van der Waals surface area contributed by atoms with Gasteiger partial charge in [-0.25, -0.2) is 9.48 Å². The zero-order chi connectivity index (χ0) is 20.1. The zero-order valence-electron chi connectivity index (χ0n) is 15.3. The molecule has 1 N–H and O–H groups in total. The topological polar surface area (TPSA) is 103 Å². The molecule has 0 saturated heterocycles. The standard InChI is InChI=1S/C20H18N4O4/c1-13(19(26)22-17-8-4-3-7-15(17)20(27)28-2)24-18(25)10-9-16(23-24)14-6-5-11-21-12-14/h3-13H,1-2H3,(H,22,26). The predicted octanol–water partition coefficient (Wildman–Crippen LogP) is 2.29. The Kier molecular flexibility index (Phi) is 5.59. The van der Waals surface area contributed by atoms with E-state index >= 15 is 0 Å². The summed E-state index contributed by atoms with van der Waals surface area (Å²) in [5.74, 6) is -1.06. The van der Waals surface area contributed by atoms with Crippen LogP contribution in [0.4, 0.5) is 5.69 Å². The van der Waals surface area contributed by atoms with Crippen LogP contribution in [0, 0.1) is 0 Å². The minimum Gasteiger partial charge on any atom is -0.465 e. The van der Waals surface area contributed by atoms with E-state index in [4.69, 9.17) is 4.74 Å². The summed E-state index contributed by atoms with van der Waals surface area (Å²) < 4.78 is 5.82. The molecular formula is C20H18N4O4. The quantitative estimate of drug-likeness (QED) is 0.683. The number of methoxy groups -OCH3 is 1. The summed E-state index contributed by atoms with van der Waals surface area (Å²) in [6, 6.07) is 12.0. The lowest BCUT2D eigenvalue weighted by Crippen LogP contribution is -2.33. The maximum atomic E-state index is 12.7. The van der Waals surface area contributed by atoms with Gasteiger partial charge in [0, 0.05) is 24.0 Å². The van der Waals surface area contributed by atoms with Crippen LogP contribution in [0.5, 0.6) is 0 Å². The SMILES string of the molecule is COC(=O)c1ccccc1NC(=O)C(C)n1nc(-c2cccnc2)ccc1=O. The molecule has 0 saturated carbocycles. The molecule has 142 valence electrons. The molecule has 0 fully saturated rings. The van der Waals surface area contributed by atoms with Crippen LogP contribution < -0.4 is 10.9 Å². The number of nitrogens with one attached hydrogen (secondary N) is 1. The van der Waals surface area contributed by atoms with Crippen LogP contribution in [0.15, 0.2) is 65.7 Å². The molecule has 1 aromatic carbocycles. The molecular weight excluding hydrogens is 360 g/mol. The van der Waals surface area contributed by atoms with Gasteiger partial charge in [-0.15, -0.1) is 0 Å². The number of esters is 1. The van der Waals surface area contributed by atoms with Crippen LogP contribution in [-0.4, -0.2) is 33.8 Å². The van der Waals surface area contributed by atoms with Gasteiger partial charge in [0.2, 0.25) is 5.91 Å². The highest BCUT2D eigenvalue weighted by molar-refractivity contribution is 6.02. The molecule has 1 atom stereocenters. The first-order chi connectivity index (χ1) is 13.5. The number of para-hydroxylation sites is 1. The monoisotopic (exact) mass is 378 g/mol. The first kappa shape index (κ1) is 19.0. The molecule has 1 unspecified atom stereocenters. The Bertz CT molecular complexity index is 1060. The maximum absolute atomic E-state index is 12.7. The number of nitrogens with zero attached hydrogens (tertiary/aromatic N) is 3. The molecule has 0 bridgehead atoms. The number of anilines is 1. The Morgan fingerprint density at radius 2 is 1.89 bits per heavy atom. The smallest absolute Gasteiger partial charge is 0.339 e. The van der Waals surface area contributed by atoms with Gasteiger partial charge in [0.1, 0.15) is 6.04 Å². The zero-order valence-corrected chi connectivity index (χ0v) is 15.3. The number of pyridine rings is 1. The predicted molar refractivity (Wildman–Crippen MR) is 103 cm³/mol. The lowest BCUT2D eigenvalue weighted by Gasteiger charge is -2.16. The molecule has 0 aliphatic rings. The summed E-state index contributed by atoms with van der Waals surface area (Å²) in [7, 11) is 1.26. The molecule has 0 aliphatic carbocycles. The van der Waals surface area contributed by atoms with E-state index in [1.807, 2.05) is 6.07 Å². The second-order valence-electron chi connectivity index (χ2n) is 5.95. The molecule has 3 rings (SSSR count). The summed E-state index contributed by atoms with van der Waals surface area (Å²) in [4.78, 5) is 40.9. The number of benzene rings is 1. The fourth-order valence-corrected chi connectivity index (χ4v) is 2.60. The second kappa shape index (κ2) is 8.26. The van der Waals surface area contributed by atoms with Crippen LogP contribution in [0.1, 0.15) is 23.3 Å². The van der Waals surface area contributed by atoms with Crippen LogP contribution in [0.2, 0.25) is 0 Å². The molecule has 8 nitrogen and oxygen atoms in total. The number of carbonyl (C=O) groups excluding carboxylic acids is 2. The van der Waals surface area contributed by atoms with Gasteiger partial charge >= 0.3 is 5.97 Å². The van der Waals surface area contributed by atoms with Gasteiger partial charge in [-0.1, -0.05) is 12.1 Å². The van der Waals surface area contributed by atoms with Crippen molar-refractivity contribution in [1.82, 2.24) is 14.8 Å². The number of ether oxygens (including phenoxy) is 1. The van der Waals surface area contributed by atoms with Crippen molar-refractivity contribution in [1.29, 1.82) is 0 Å². The van der Waals surface area contributed by atoms with Crippen molar-refractivity contribution in [3.05, 3.63) is 76.8 Å². The molecule has 0 spiro atoms. The van der Waals surface area contributed by atoms with Crippen molar-refractivity contribution in [2.45, 2.75) is 13.0 Å². The Morgan fingerprint density at radius 1 is 1.11 bits per heavy atom. The summed E-state index contributed by atoms with van der Waals surface area (Å²) in [6.07, 6.45) is 3.25. The molecule has 1 amide bonds. The van der Waals surface area contributed by atoms with Crippen molar-refractivity contribution in [3.63, 3.8) is 0 Å². The normalized spacial score (nSPS) is 11.5. The maximum Gasteiger partial charge on any atom is 0.339 e. The van der Waals surface area contributed by atoms with Gasteiger partial charge in [0.05, 0.1) is 24.1 Å². The lowest BCUT2D eigenvalue weighted by molar-refractivity contribution is -0.119. The van der Waals surface area contributed by atoms with Crippen molar-refractivity contribution in [2.24, 2.45) is 0 Å². The van der Waals surface area contributed by atoms with Crippen LogP contribution >= 0.6 is 0 Å². The van der Waals surface area contributed by atoms with Crippen LogP contribution in [-0.2, 0) is 9.53 Å². The van der Waals surface area contributed by atoms with E-state index in [9.17, 15) is 14.4 Å². The summed E-state index contributed by atoms with van der Waals surface area (Å²) in [5.41, 5.74) is 1.33. The Labute approximate surface area is 160 Å². The van der Waals surface area contributed by atoms with Crippen LogP contribution in [0.3, 0.4) is 0 Å². The van der Waals surface area contributed by atoms with Gasteiger partial charge in [-0.2, -0.15) is 5.10 Å². The van der Waals surface area contributed by atoms with Crippen molar-refractivity contribution in [2.75, 3.05) is 12.4 Å². The second-order valence-corrected chi connectivity index (χ2v) is 5.95. The van der Waals surface area contributed by atoms with E-state index < -0.39 is 23.5 Å². The van der Waals surface area contributed by atoms with Crippen molar-refractivity contribution >= 4 is 17.6 Å². The van der Waals surface area contributed by atoms with E-state index in [-0.39, 0.29) is 5.56 Å². The van der Waals surface area contributed by atoms with Gasteiger partial charge in [-0.05, 0) is 37.3 Å². The fraction of sp³-hybridized carbons (Fsp3) is 0.150. The molecule has 0 aliphatic heterocycles. The summed E-state index contributed by atoms with van der Waals surface area (Å²) in [5, 5.41) is 6.95. The third kappa shape index (κ3) is 3.96. The van der Waals surface area contributed by atoms with Gasteiger partial charge in [0.15, 0.2) is 0 Å². The first-order valence-corrected chi connectivity index (χ1v) is 8.49. The Balaban J connectivity index is 1.89. The fourth-order valence-electron chi connectivity index (χ4n) is 2.60. The summed E-state index contributed by atoms with van der Waals surface area (Å²) in [6.45, 7) is 1.55. The van der Waals surface area contributed by atoms with E-state index in [1.54, 1.807) is 55.7 Å². The number of carbonyl (C=O) groups is 2. The Morgan fingerprint density at radius 3 is 2.61 bits per heavy atom. The lowest BCUT2D eigenvalue weighted by atomic mass is 10.1. The molecule has 28 heavy (non-hydrogen) atoms. The van der Waals surface area contributed by atoms with E-state index in [2.05, 4.69) is 15.4 Å². The van der Waals surface area contributed by atoms with E-state index in [0.29, 0.717) is 11.4 Å². The number of hydrogen-bond donors (Lipinski definition) is 1. The Hall–Kier alpha value is -3.81. The van der Waals surface area contributed by atoms with E-state index in [0.717, 1.165) is 10.2 Å². The molecule has 0 radical (unpaired) electrons. The van der Waals surface area contributed by atoms with Gasteiger partial charge < -0.3 is 10.1 Å². The molecule has 2 aromatic heterocycles. The number of hydrogen-bond acceptors (Lipinski definition) is 6. The number of amides is 1. The largest absolute Gasteiger partial charge is 0.465 e. The highest BCUT2D eigenvalue weighted by Crippen LogP contribution is 2.18. The third-order valence-electron chi connectivity index (χ3n) is 4.12. The average molecular weight is 378 g/mol.